The zero-order valence-corrected chi connectivity index (χ0v) is 67.5. The van der Waals surface area contributed by atoms with Gasteiger partial charge in [-0.3, -0.25) is 37.3 Å². The number of ether oxygens (including phenoxy) is 4. The Balaban J connectivity index is 5.22. The summed E-state index contributed by atoms with van der Waals surface area (Å²) in [6, 6.07) is 0. The molecule has 0 saturated heterocycles. The molecule has 0 heterocycles. The van der Waals surface area contributed by atoms with Crippen LogP contribution in [-0.2, 0) is 65.4 Å². The molecule has 2 unspecified atom stereocenters. The second-order valence-electron chi connectivity index (χ2n) is 30.6. The number of rotatable bonds is 79. The Morgan fingerprint density at radius 1 is 0.270 bits per heavy atom. The zero-order valence-electron chi connectivity index (χ0n) is 65.7. The quantitative estimate of drug-likeness (QED) is 0.0222. The number of aliphatic hydroxyl groups is 1. The van der Waals surface area contributed by atoms with Gasteiger partial charge in [-0.2, -0.15) is 0 Å². The fourth-order valence-electron chi connectivity index (χ4n) is 12.5. The van der Waals surface area contributed by atoms with E-state index in [0.29, 0.717) is 31.6 Å². The van der Waals surface area contributed by atoms with Gasteiger partial charge in [-0.25, -0.2) is 9.13 Å². The van der Waals surface area contributed by atoms with Gasteiger partial charge in [0.2, 0.25) is 0 Å². The second-order valence-corrected chi connectivity index (χ2v) is 33.5. The molecule has 594 valence electrons. The molecule has 17 nitrogen and oxygen atoms in total. The molecule has 0 spiro atoms. The molecule has 0 aromatic rings. The van der Waals surface area contributed by atoms with E-state index >= 15 is 0 Å². The summed E-state index contributed by atoms with van der Waals surface area (Å²) < 4.78 is 68.7. The first kappa shape index (κ1) is 98.1. The van der Waals surface area contributed by atoms with Gasteiger partial charge in [-0.05, 0) is 43.4 Å². The van der Waals surface area contributed by atoms with Crippen molar-refractivity contribution < 1.29 is 80.2 Å². The van der Waals surface area contributed by atoms with Gasteiger partial charge in [0, 0.05) is 25.7 Å². The van der Waals surface area contributed by atoms with Crippen LogP contribution in [0.4, 0.5) is 0 Å². The van der Waals surface area contributed by atoms with Crippen molar-refractivity contribution in [2.24, 2.45) is 17.8 Å². The lowest BCUT2D eigenvalue weighted by Gasteiger charge is -2.21. The zero-order chi connectivity index (χ0) is 73.7. The molecule has 0 bridgehead atoms. The minimum absolute atomic E-state index is 0.105. The molecule has 0 radical (unpaired) electrons. The van der Waals surface area contributed by atoms with Crippen molar-refractivity contribution in [2.75, 3.05) is 39.6 Å². The van der Waals surface area contributed by atoms with Crippen LogP contribution in [0.25, 0.3) is 0 Å². The summed E-state index contributed by atoms with van der Waals surface area (Å²) in [5.74, 6) is 0.134. The second kappa shape index (κ2) is 71.3. The van der Waals surface area contributed by atoms with Crippen LogP contribution in [0.5, 0.6) is 0 Å². The SMILES string of the molecule is CCCCCCCCCCCCCCCCCCCCCCC(=O)O[C@H](COC(=O)CCCCCCCCCCCCCCCCCC(C)C)COP(=O)(O)OC[C@@H](O)COP(=O)(O)OC[C@@H](COC(=O)CCCCCCCCCC(C)C)OC(=O)CCCCCCCCCCCC(C)C. The number of phosphoric ester groups is 2. The van der Waals surface area contributed by atoms with Crippen molar-refractivity contribution in [1.29, 1.82) is 0 Å². The number of carbonyl (C=O) groups is 4. The molecule has 0 aromatic heterocycles. The van der Waals surface area contributed by atoms with Crippen molar-refractivity contribution in [3.8, 4) is 0 Å². The first-order valence-corrected chi connectivity index (χ1v) is 44.8. The third-order valence-corrected chi connectivity index (χ3v) is 20.8. The Hall–Kier alpha value is -1.94. The summed E-state index contributed by atoms with van der Waals surface area (Å²) in [5.41, 5.74) is 0. The van der Waals surface area contributed by atoms with E-state index in [4.69, 9.17) is 37.0 Å². The van der Waals surface area contributed by atoms with Crippen LogP contribution in [0.3, 0.4) is 0 Å². The highest BCUT2D eigenvalue weighted by Crippen LogP contribution is 2.45. The molecule has 0 aliphatic carbocycles. The van der Waals surface area contributed by atoms with E-state index in [1.54, 1.807) is 0 Å². The van der Waals surface area contributed by atoms with Gasteiger partial charge < -0.3 is 33.8 Å². The molecule has 3 N–H and O–H groups in total. The maximum atomic E-state index is 13.1. The average molecular weight is 1470 g/mol. The van der Waals surface area contributed by atoms with Gasteiger partial charge in [-0.15, -0.1) is 0 Å². The van der Waals surface area contributed by atoms with E-state index < -0.39 is 97.5 Å². The van der Waals surface area contributed by atoms with Gasteiger partial charge in [-0.1, -0.05) is 370 Å². The third kappa shape index (κ3) is 74.3. The molecule has 100 heavy (non-hydrogen) atoms. The molecule has 0 aliphatic heterocycles. The summed E-state index contributed by atoms with van der Waals surface area (Å²) in [6.45, 7) is 11.9. The van der Waals surface area contributed by atoms with Gasteiger partial charge in [0.15, 0.2) is 12.2 Å². The number of hydrogen-bond donors (Lipinski definition) is 3. The Morgan fingerprint density at radius 2 is 0.460 bits per heavy atom. The van der Waals surface area contributed by atoms with Gasteiger partial charge in [0.25, 0.3) is 0 Å². The first-order chi connectivity index (χ1) is 48.2. The third-order valence-electron chi connectivity index (χ3n) is 18.9. The minimum atomic E-state index is -4.96. The summed E-state index contributed by atoms with van der Waals surface area (Å²) >= 11 is 0. The Morgan fingerprint density at radius 3 is 0.680 bits per heavy atom. The number of unbranched alkanes of at least 4 members (excludes halogenated alkanes) is 47. The predicted molar refractivity (Wildman–Crippen MR) is 409 cm³/mol. The molecule has 0 fully saturated rings. The summed E-state index contributed by atoms with van der Waals surface area (Å²) in [4.78, 5) is 73.0. The van der Waals surface area contributed by atoms with Crippen LogP contribution < -0.4 is 0 Å². The topological polar surface area (TPSA) is 237 Å². The fourth-order valence-corrected chi connectivity index (χ4v) is 14.1. The summed E-state index contributed by atoms with van der Waals surface area (Å²) in [5, 5.41) is 10.6. The van der Waals surface area contributed by atoms with Crippen LogP contribution in [0.15, 0.2) is 0 Å². The standard InChI is InChI=1S/C81H158O17P2/c1-8-9-10-11-12-13-14-15-16-17-18-19-20-23-27-30-35-42-50-57-64-80(85)97-76(68-91-78(83)62-55-48-41-34-29-26-24-21-22-25-28-32-38-45-52-59-72(2)3)70-95-99(87,88)93-66-75(82)67-94-100(89,90)96-71-77(69-92-79(84)63-56-49-44-37-40-47-54-61-74(6)7)98-81(86)65-58-51-43-36-31-33-39-46-53-60-73(4)5/h72-77,82H,8-71H2,1-7H3,(H,87,88)(H,89,90)/t75-,76-,77-/m1/s1. The van der Waals surface area contributed by atoms with Crippen LogP contribution in [0, 0.1) is 17.8 Å². The summed E-state index contributed by atoms with van der Waals surface area (Å²) in [7, 11) is -9.92. The number of hydrogen-bond acceptors (Lipinski definition) is 15. The van der Waals surface area contributed by atoms with E-state index in [0.717, 1.165) is 108 Å². The van der Waals surface area contributed by atoms with E-state index in [1.165, 1.54) is 225 Å². The predicted octanol–water partition coefficient (Wildman–Crippen LogP) is 24.1. The smallest absolute Gasteiger partial charge is 0.462 e. The molecule has 0 aromatic carbocycles. The van der Waals surface area contributed by atoms with Crippen LogP contribution in [-0.4, -0.2) is 96.7 Å². The lowest BCUT2D eigenvalue weighted by atomic mass is 10.0. The van der Waals surface area contributed by atoms with Crippen LogP contribution in [0.1, 0.15) is 421 Å². The molecular formula is C81H158O17P2. The van der Waals surface area contributed by atoms with E-state index in [9.17, 15) is 43.2 Å². The van der Waals surface area contributed by atoms with E-state index in [-0.39, 0.29) is 25.7 Å². The normalized spacial score (nSPS) is 14.0. The van der Waals surface area contributed by atoms with Gasteiger partial charge >= 0.3 is 39.5 Å². The number of aliphatic hydroxyl groups excluding tert-OH is 1. The van der Waals surface area contributed by atoms with Crippen molar-refractivity contribution in [2.45, 2.75) is 439 Å². The minimum Gasteiger partial charge on any atom is -0.462 e. The molecule has 0 aliphatic rings. The highest BCUT2D eigenvalue weighted by atomic mass is 31.2. The molecule has 5 atom stereocenters. The average Bonchev–Trinajstić information content (AvgIpc) is 0.914. The maximum absolute atomic E-state index is 13.1. The maximum Gasteiger partial charge on any atom is 0.472 e. The first-order valence-electron chi connectivity index (χ1n) is 41.8. The Labute approximate surface area is 613 Å². The highest BCUT2D eigenvalue weighted by molar-refractivity contribution is 7.47. The monoisotopic (exact) mass is 1470 g/mol. The largest absolute Gasteiger partial charge is 0.472 e. The Bertz CT molecular complexity index is 1940. The summed E-state index contributed by atoms with van der Waals surface area (Å²) in [6.07, 6.45) is 59.9. The highest BCUT2D eigenvalue weighted by Gasteiger charge is 2.30. The molecule has 19 heteroatoms. The van der Waals surface area contributed by atoms with E-state index in [2.05, 4.69) is 48.5 Å². The van der Waals surface area contributed by atoms with Crippen LogP contribution in [0.2, 0.25) is 0 Å². The van der Waals surface area contributed by atoms with Gasteiger partial charge in [0.1, 0.15) is 19.3 Å². The van der Waals surface area contributed by atoms with E-state index in [1.807, 2.05) is 0 Å². The van der Waals surface area contributed by atoms with Gasteiger partial charge in [0.05, 0.1) is 26.4 Å². The van der Waals surface area contributed by atoms with Crippen molar-refractivity contribution >= 4 is 39.5 Å². The molecule has 0 rings (SSSR count). The lowest BCUT2D eigenvalue weighted by molar-refractivity contribution is -0.161. The number of carbonyl (C=O) groups excluding carboxylic acids is 4. The lowest BCUT2D eigenvalue weighted by Crippen LogP contribution is -2.30. The van der Waals surface area contributed by atoms with Crippen molar-refractivity contribution in [1.82, 2.24) is 0 Å². The van der Waals surface area contributed by atoms with Crippen molar-refractivity contribution in [3.63, 3.8) is 0 Å². The molecule has 0 amide bonds. The Kier molecular flexibility index (Phi) is 69.9. The van der Waals surface area contributed by atoms with Crippen molar-refractivity contribution in [3.05, 3.63) is 0 Å². The molecular weight excluding hydrogens is 1310 g/mol. The number of phosphoric acid groups is 2. The fraction of sp³-hybridized carbons (Fsp3) is 0.951. The molecule has 0 saturated carbocycles. The number of esters is 4. The van der Waals surface area contributed by atoms with Crippen LogP contribution >= 0.6 is 15.6 Å².